The van der Waals surface area contributed by atoms with Crippen molar-refractivity contribution in [2.75, 3.05) is 37.7 Å². The molecule has 0 saturated heterocycles. The zero-order valence-corrected chi connectivity index (χ0v) is 16.8. The molecule has 2 N–H and O–H groups in total. The summed E-state index contributed by atoms with van der Waals surface area (Å²) in [4.78, 5) is 26.4. The van der Waals surface area contributed by atoms with Crippen LogP contribution in [0.4, 0.5) is 5.69 Å². The van der Waals surface area contributed by atoms with Gasteiger partial charge in [0.15, 0.2) is 0 Å². The van der Waals surface area contributed by atoms with Crippen LogP contribution in [0.25, 0.3) is 0 Å². The van der Waals surface area contributed by atoms with Gasteiger partial charge in [-0.1, -0.05) is 18.2 Å². The predicted octanol–water partition coefficient (Wildman–Crippen LogP) is 2.77. The number of ether oxygens (including phenoxy) is 1. The molecule has 6 nitrogen and oxygen atoms in total. The molecule has 0 bridgehead atoms. The van der Waals surface area contributed by atoms with E-state index < -0.39 is 0 Å². The summed E-state index contributed by atoms with van der Waals surface area (Å²) in [6, 6.07) is 15.0. The fourth-order valence-electron chi connectivity index (χ4n) is 2.89. The minimum absolute atomic E-state index is 0.0530. The Hall–Kier alpha value is -3.02. The molecule has 2 aromatic carbocycles. The molecule has 0 atom stereocenters. The standard InChI is InChI=1S/C22H29N3O3/c1-4-25(20-9-7-6-8-17(20)3)15-14-23-21(26)16-24-22(27)18-10-12-19(13-11-18)28-5-2/h6-13H,4-5,14-16H2,1-3H3,(H,23,26)(H,24,27). The van der Waals surface area contributed by atoms with Crippen molar-refractivity contribution in [2.45, 2.75) is 20.8 Å². The van der Waals surface area contributed by atoms with Crippen LogP contribution in [0.5, 0.6) is 5.75 Å². The van der Waals surface area contributed by atoms with E-state index in [2.05, 4.69) is 41.5 Å². The third kappa shape index (κ3) is 6.30. The lowest BCUT2D eigenvalue weighted by Crippen LogP contribution is -2.40. The number of para-hydroxylation sites is 1. The van der Waals surface area contributed by atoms with Crippen LogP contribution in [-0.4, -0.2) is 44.6 Å². The lowest BCUT2D eigenvalue weighted by molar-refractivity contribution is -0.120. The molecule has 0 heterocycles. The number of likely N-dealkylation sites (N-methyl/N-ethyl adjacent to an activating group) is 1. The quantitative estimate of drug-likeness (QED) is 0.662. The average Bonchev–Trinajstić information content (AvgIpc) is 2.71. The van der Waals surface area contributed by atoms with Crippen LogP contribution in [0.3, 0.4) is 0 Å². The van der Waals surface area contributed by atoms with Gasteiger partial charge in [-0.25, -0.2) is 0 Å². The Balaban J connectivity index is 1.74. The Labute approximate surface area is 166 Å². The first kappa shape index (κ1) is 21.3. The van der Waals surface area contributed by atoms with Gasteiger partial charge < -0.3 is 20.3 Å². The molecule has 6 heteroatoms. The van der Waals surface area contributed by atoms with E-state index in [1.54, 1.807) is 24.3 Å². The van der Waals surface area contributed by atoms with E-state index >= 15 is 0 Å². The highest BCUT2D eigenvalue weighted by molar-refractivity contribution is 5.96. The second kappa shape index (κ2) is 11.0. The number of aryl methyl sites for hydroxylation is 1. The maximum Gasteiger partial charge on any atom is 0.251 e. The van der Waals surface area contributed by atoms with E-state index in [4.69, 9.17) is 4.74 Å². The molecule has 0 aliphatic rings. The van der Waals surface area contributed by atoms with Crippen molar-refractivity contribution in [3.05, 3.63) is 59.7 Å². The predicted molar refractivity (Wildman–Crippen MR) is 112 cm³/mol. The number of amides is 2. The van der Waals surface area contributed by atoms with Crippen LogP contribution in [0.15, 0.2) is 48.5 Å². The summed E-state index contributed by atoms with van der Waals surface area (Å²) in [6.45, 7) is 8.67. The number of hydrogen-bond donors (Lipinski definition) is 2. The van der Waals surface area contributed by atoms with Gasteiger partial charge >= 0.3 is 0 Å². The number of carbonyl (C=O) groups is 2. The second-order valence-electron chi connectivity index (χ2n) is 6.36. The first-order valence-corrected chi connectivity index (χ1v) is 9.63. The maximum absolute atomic E-state index is 12.1. The van der Waals surface area contributed by atoms with Crippen molar-refractivity contribution in [3.8, 4) is 5.75 Å². The van der Waals surface area contributed by atoms with Crippen molar-refractivity contribution >= 4 is 17.5 Å². The Morgan fingerprint density at radius 1 is 1.00 bits per heavy atom. The largest absolute Gasteiger partial charge is 0.494 e. The maximum atomic E-state index is 12.1. The number of rotatable bonds is 10. The topological polar surface area (TPSA) is 70.7 Å². The summed E-state index contributed by atoms with van der Waals surface area (Å²) in [6.07, 6.45) is 0. The van der Waals surface area contributed by atoms with Gasteiger partial charge in [0.25, 0.3) is 5.91 Å². The molecule has 28 heavy (non-hydrogen) atoms. The summed E-state index contributed by atoms with van der Waals surface area (Å²) in [5, 5.41) is 5.49. The highest BCUT2D eigenvalue weighted by Gasteiger charge is 2.10. The molecule has 2 rings (SSSR count). The molecule has 0 unspecified atom stereocenters. The molecule has 0 spiro atoms. The SMILES string of the molecule is CCOc1ccc(C(=O)NCC(=O)NCCN(CC)c2ccccc2C)cc1. The smallest absolute Gasteiger partial charge is 0.251 e. The summed E-state index contributed by atoms with van der Waals surface area (Å²) in [7, 11) is 0. The summed E-state index contributed by atoms with van der Waals surface area (Å²) in [5.74, 6) is 0.222. The van der Waals surface area contributed by atoms with E-state index in [0.717, 1.165) is 6.54 Å². The van der Waals surface area contributed by atoms with Gasteiger partial charge in [-0.05, 0) is 56.7 Å². The summed E-state index contributed by atoms with van der Waals surface area (Å²) >= 11 is 0. The van der Waals surface area contributed by atoms with Gasteiger partial charge in [-0.3, -0.25) is 9.59 Å². The second-order valence-corrected chi connectivity index (χ2v) is 6.36. The Morgan fingerprint density at radius 2 is 1.71 bits per heavy atom. The van der Waals surface area contributed by atoms with Gasteiger partial charge in [-0.15, -0.1) is 0 Å². The molecule has 150 valence electrons. The lowest BCUT2D eigenvalue weighted by atomic mass is 10.2. The molecule has 0 aliphatic carbocycles. The number of hydrogen-bond acceptors (Lipinski definition) is 4. The minimum atomic E-state index is -0.284. The van der Waals surface area contributed by atoms with Crippen LogP contribution in [-0.2, 0) is 4.79 Å². The zero-order chi connectivity index (χ0) is 20.4. The van der Waals surface area contributed by atoms with E-state index in [0.29, 0.717) is 31.0 Å². The van der Waals surface area contributed by atoms with Gasteiger partial charge in [0.1, 0.15) is 5.75 Å². The molecule has 0 radical (unpaired) electrons. The molecule has 0 aromatic heterocycles. The number of carbonyl (C=O) groups excluding carboxylic acids is 2. The van der Waals surface area contributed by atoms with Gasteiger partial charge in [0, 0.05) is 30.9 Å². The van der Waals surface area contributed by atoms with Crippen LogP contribution in [0.2, 0.25) is 0 Å². The highest BCUT2D eigenvalue weighted by Crippen LogP contribution is 2.18. The molecular weight excluding hydrogens is 354 g/mol. The number of nitrogens with zero attached hydrogens (tertiary/aromatic N) is 1. The number of benzene rings is 2. The van der Waals surface area contributed by atoms with Crippen LogP contribution < -0.4 is 20.3 Å². The highest BCUT2D eigenvalue weighted by atomic mass is 16.5. The average molecular weight is 383 g/mol. The third-order valence-corrected chi connectivity index (χ3v) is 4.38. The van der Waals surface area contributed by atoms with Crippen LogP contribution >= 0.6 is 0 Å². The Kier molecular flexibility index (Phi) is 8.34. The van der Waals surface area contributed by atoms with Gasteiger partial charge in [0.2, 0.25) is 5.91 Å². The molecular formula is C22H29N3O3. The normalized spacial score (nSPS) is 10.2. The fourth-order valence-corrected chi connectivity index (χ4v) is 2.89. The van der Waals surface area contributed by atoms with E-state index in [-0.39, 0.29) is 18.4 Å². The fraction of sp³-hybridized carbons (Fsp3) is 0.364. The van der Waals surface area contributed by atoms with Crippen molar-refractivity contribution in [1.82, 2.24) is 10.6 Å². The number of nitrogens with one attached hydrogen (secondary N) is 2. The monoisotopic (exact) mass is 383 g/mol. The number of anilines is 1. The Bertz CT molecular complexity index is 775. The molecule has 0 fully saturated rings. The van der Waals surface area contributed by atoms with Gasteiger partial charge in [0.05, 0.1) is 13.2 Å². The first-order valence-electron chi connectivity index (χ1n) is 9.63. The minimum Gasteiger partial charge on any atom is -0.494 e. The van der Waals surface area contributed by atoms with Crippen molar-refractivity contribution in [1.29, 1.82) is 0 Å². The third-order valence-electron chi connectivity index (χ3n) is 4.38. The van der Waals surface area contributed by atoms with Crippen molar-refractivity contribution in [2.24, 2.45) is 0 Å². The van der Waals surface area contributed by atoms with E-state index in [1.165, 1.54) is 11.3 Å². The van der Waals surface area contributed by atoms with Gasteiger partial charge in [-0.2, -0.15) is 0 Å². The molecule has 0 saturated carbocycles. The van der Waals surface area contributed by atoms with Crippen molar-refractivity contribution in [3.63, 3.8) is 0 Å². The Morgan fingerprint density at radius 3 is 2.36 bits per heavy atom. The summed E-state index contributed by atoms with van der Waals surface area (Å²) in [5.41, 5.74) is 2.87. The first-order chi connectivity index (χ1) is 13.5. The van der Waals surface area contributed by atoms with Crippen LogP contribution in [0.1, 0.15) is 29.8 Å². The van der Waals surface area contributed by atoms with Crippen LogP contribution in [0, 0.1) is 6.92 Å². The zero-order valence-electron chi connectivity index (χ0n) is 16.8. The van der Waals surface area contributed by atoms with E-state index in [1.807, 2.05) is 19.1 Å². The van der Waals surface area contributed by atoms with E-state index in [9.17, 15) is 9.59 Å². The summed E-state index contributed by atoms with van der Waals surface area (Å²) < 4.78 is 5.35. The van der Waals surface area contributed by atoms with Crippen molar-refractivity contribution < 1.29 is 14.3 Å². The molecule has 2 amide bonds. The molecule has 2 aromatic rings. The molecule has 0 aliphatic heterocycles. The lowest BCUT2D eigenvalue weighted by Gasteiger charge is -2.25.